The summed E-state index contributed by atoms with van der Waals surface area (Å²) in [7, 11) is 0. The standard InChI is InChI=1S/C24H24O/c1-4-18-11-8-12-22(23(18)17(2)3)19-13-15-21(16-14-19)24(25)20-9-6-5-7-10-20/h5-17H,4H2,1-3H3. The van der Waals surface area contributed by atoms with Gasteiger partial charge in [-0.2, -0.15) is 0 Å². The van der Waals surface area contributed by atoms with Crippen molar-refractivity contribution in [2.24, 2.45) is 0 Å². The first-order valence-electron chi connectivity index (χ1n) is 8.93. The van der Waals surface area contributed by atoms with E-state index in [4.69, 9.17) is 0 Å². The van der Waals surface area contributed by atoms with Crippen molar-refractivity contribution in [3.8, 4) is 11.1 Å². The molecule has 25 heavy (non-hydrogen) atoms. The Balaban J connectivity index is 1.98. The normalized spacial score (nSPS) is 10.9. The number of hydrogen-bond acceptors (Lipinski definition) is 1. The molecule has 0 bridgehead atoms. The molecule has 0 radical (unpaired) electrons. The molecule has 0 aliphatic rings. The molecule has 0 saturated heterocycles. The van der Waals surface area contributed by atoms with Crippen molar-refractivity contribution in [1.29, 1.82) is 0 Å². The van der Waals surface area contributed by atoms with Crippen LogP contribution in [0.1, 0.15) is 53.7 Å². The molecule has 0 atom stereocenters. The van der Waals surface area contributed by atoms with Crippen LogP contribution in [0.5, 0.6) is 0 Å². The molecule has 0 unspecified atom stereocenters. The minimum absolute atomic E-state index is 0.0681. The zero-order valence-electron chi connectivity index (χ0n) is 15.1. The Bertz CT molecular complexity index is 858. The van der Waals surface area contributed by atoms with E-state index in [-0.39, 0.29) is 5.78 Å². The van der Waals surface area contributed by atoms with E-state index < -0.39 is 0 Å². The van der Waals surface area contributed by atoms with Crippen molar-refractivity contribution in [3.63, 3.8) is 0 Å². The van der Waals surface area contributed by atoms with E-state index >= 15 is 0 Å². The van der Waals surface area contributed by atoms with Gasteiger partial charge in [0, 0.05) is 11.1 Å². The van der Waals surface area contributed by atoms with Crippen LogP contribution in [-0.2, 0) is 6.42 Å². The average molecular weight is 328 g/mol. The largest absolute Gasteiger partial charge is 0.289 e. The first-order chi connectivity index (χ1) is 12.1. The SMILES string of the molecule is CCc1cccc(-c2ccc(C(=O)c3ccccc3)cc2)c1C(C)C. The van der Waals surface area contributed by atoms with Gasteiger partial charge in [0.2, 0.25) is 0 Å². The third kappa shape index (κ3) is 3.56. The second-order valence-corrected chi connectivity index (χ2v) is 6.66. The van der Waals surface area contributed by atoms with Crippen LogP contribution in [0.15, 0.2) is 72.8 Å². The molecule has 0 saturated carbocycles. The maximum Gasteiger partial charge on any atom is 0.193 e. The van der Waals surface area contributed by atoms with Crippen LogP contribution in [0.3, 0.4) is 0 Å². The van der Waals surface area contributed by atoms with Crippen LogP contribution < -0.4 is 0 Å². The Hall–Kier alpha value is -2.67. The highest BCUT2D eigenvalue weighted by Gasteiger charge is 2.13. The topological polar surface area (TPSA) is 17.1 Å². The maximum absolute atomic E-state index is 12.6. The van der Waals surface area contributed by atoms with Crippen LogP contribution in [-0.4, -0.2) is 5.78 Å². The van der Waals surface area contributed by atoms with E-state index in [9.17, 15) is 4.79 Å². The molecule has 0 amide bonds. The lowest BCUT2D eigenvalue weighted by atomic mass is 9.87. The summed E-state index contributed by atoms with van der Waals surface area (Å²) in [6.07, 6.45) is 1.03. The summed E-state index contributed by atoms with van der Waals surface area (Å²) in [4.78, 5) is 12.6. The number of ketones is 1. The fourth-order valence-electron chi connectivity index (χ4n) is 3.41. The predicted molar refractivity (Wildman–Crippen MR) is 105 cm³/mol. The summed E-state index contributed by atoms with van der Waals surface area (Å²) < 4.78 is 0. The minimum Gasteiger partial charge on any atom is -0.289 e. The van der Waals surface area contributed by atoms with Gasteiger partial charge in [-0.3, -0.25) is 4.79 Å². The minimum atomic E-state index is 0.0681. The van der Waals surface area contributed by atoms with E-state index in [1.807, 2.05) is 42.5 Å². The Labute approximate surface area is 150 Å². The molecule has 1 heteroatoms. The van der Waals surface area contributed by atoms with E-state index in [0.29, 0.717) is 5.92 Å². The first kappa shape index (κ1) is 17.2. The number of hydrogen-bond donors (Lipinski definition) is 0. The Morgan fingerprint density at radius 2 is 1.44 bits per heavy atom. The second-order valence-electron chi connectivity index (χ2n) is 6.66. The molecule has 0 heterocycles. The number of carbonyl (C=O) groups excluding carboxylic acids is 1. The van der Waals surface area contributed by atoms with Gasteiger partial charge in [0.05, 0.1) is 0 Å². The van der Waals surface area contributed by atoms with Gasteiger partial charge in [0.15, 0.2) is 5.78 Å². The zero-order chi connectivity index (χ0) is 17.8. The van der Waals surface area contributed by atoms with Crippen molar-refractivity contribution in [1.82, 2.24) is 0 Å². The molecule has 0 fully saturated rings. The van der Waals surface area contributed by atoms with Gasteiger partial charge in [0.25, 0.3) is 0 Å². The molecular weight excluding hydrogens is 304 g/mol. The summed E-state index contributed by atoms with van der Waals surface area (Å²) in [5, 5.41) is 0. The Morgan fingerprint density at radius 1 is 0.800 bits per heavy atom. The van der Waals surface area contributed by atoms with Gasteiger partial charge in [-0.05, 0) is 34.6 Å². The third-order valence-corrected chi connectivity index (χ3v) is 4.65. The Kier molecular flexibility index (Phi) is 5.14. The molecule has 3 rings (SSSR count). The van der Waals surface area contributed by atoms with E-state index in [2.05, 4.69) is 51.1 Å². The molecule has 0 N–H and O–H groups in total. The highest BCUT2D eigenvalue weighted by Crippen LogP contribution is 2.32. The summed E-state index contributed by atoms with van der Waals surface area (Å²) in [5.74, 6) is 0.537. The van der Waals surface area contributed by atoms with Crippen LogP contribution >= 0.6 is 0 Å². The Morgan fingerprint density at radius 3 is 2.04 bits per heavy atom. The highest BCUT2D eigenvalue weighted by atomic mass is 16.1. The van der Waals surface area contributed by atoms with E-state index in [1.54, 1.807) is 0 Å². The van der Waals surface area contributed by atoms with Crippen molar-refractivity contribution >= 4 is 5.78 Å². The summed E-state index contributed by atoms with van der Waals surface area (Å²) >= 11 is 0. The molecule has 0 aliphatic heterocycles. The lowest BCUT2D eigenvalue weighted by Gasteiger charge is -2.17. The molecule has 3 aromatic carbocycles. The molecule has 3 aromatic rings. The van der Waals surface area contributed by atoms with Crippen molar-refractivity contribution < 1.29 is 4.79 Å². The number of benzene rings is 3. The van der Waals surface area contributed by atoms with Gasteiger partial charge < -0.3 is 0 Å². The second kappa shape index (κ2) is 7.48. The number of aryl methyl sites for hydroxylation is 1. The van der Waals surface area contributed by atoms with Gasteiger partial charge in [-0.15, -0.1) is 0 Å². The quantitative estimate of drug-likeness (QED) is 0.504. The van der Waals surface area contributed by atoms with E-state index in [0.717, 1.165) is 17.5 Å². The average Bonchev–Trinajstić information content (AvgIpc) is 2.67. The zero-order valence-corrected chi connectivity index (χ0v) is 15.1. The maximum atomic E-state index is 12.6. The summed E-state index contributed by atoms with van der Waals surface area (Å²) in [5.41, 5.74) is 6.71. The monoisotopic (exact) mass is 328 g/mol. The summed E-state index contributed by atoms with van der Waals surface area (Å²) in [6.45, 7) is 6.68. The van der Waals surface area contributed by atoms with Crippen molar-refractivity contribution in [3.05, 3.63) is 95.1 Å². The molecule has 0 aromatic heterocycles. The highest BCUT2D eigenvalue weighted by molar-refractivity contribution is 6.09. The third-order valence-electron chi connectivity index (χ3n) is 4.65. The molecular formula is C24H24O. The molecule has 0 aliphatic carbocycles. The summed E-state index contributed by atoms with van der Waals surface area (Å²) in [6, 6.07) is 24.0. The lowest BCUT2D eigenvalue weighted by molar-refractivity contribution is 0.103. The smallest absolute Gasteiger partial charge is 0.193 e. The number of carbonyl (C=O) groups is 1. The lowest BCUT2D eigenvalue weighted by Crippen LogP contribution is -2.01. The van der Waals surface area contributed by atoms with Gasteiger partial charge in [-0.25, -0.2) is 0 Å². The van der Waals surface area contributed by atoms with Crippen molar-refractivity contribution in [2.75, 3.05) is 0 Å². The molecule has 1 nitrogen and oxygen atoms in total. The van der Waals surface area contributed by atoms with Gasteiger partial charge >= 0.3 is 0 Å². The van der Waals surface area contributed by atoms with Crippen LogP contribution in [0.4, 0.5) is 0 Å². The fraction of sp³-hybridized carbons (Fsp3) is 0.208. The molecule has 126 valence electrons. The van der Waals surface area contributed by atoms with Crippen LogP contribution in [0.25, 0.3) is 11.1 Å². The van der Waals surface area contributed by atoms with Gasteiger partial charge in [0.1, 0.15) is 0 Å². The van der Waals surface area contributed by atoms with Crippen molar-refractivity contribution in [2.45, 2.75) is 33.1 Å². The van der Waals surface area contributed by atoms with Crippen LogP contribution in [0.2, 0.25) is 0 Å². The van der Waals surface area contributed by atoms with Crippen LogP contribution in [0, 0.1) is 0 Å². The first-order valence-corrected chi connectivity index (χ1v) is 8.93. The number of rotatable bonds is 5. The van der Waals surface area contributed by atoms with E-state index in [1.165, 1.54) is 22.3 Å². The van der Waals surface area contributed by atoms with Gasteiger partial charge in [-0.1, -0.05) is 93.6 Å². The fourth-order valence-corrected chi connectivity index (χ4v) is 3.41. The molecule has 0 spiro atoms. The predicted octanol–water partition coefficient (Wildman–Crippen LogP) is 6.27.